The van der Waals surface area contributed by atoms with E-state index in [4.69, 9.17) is 16.3 Å². The van der Waals surface area contributed by atoms with Crippen molar-refractivity contribution in [1.29, 1.82) is 0 Å². The highest BCUT2D eigenvalue weighted by Gasteiger charge is 2.67. The number of carboxylic acid groups (broad SMARTS) is 1. The second kappa shape index (κ2) is 12.3. The third-order valence-corrected chi connectivity index (χ3v) is 12.1. The van der Waals surface area contributed by atoms with E-state index in [1.165, 1.54) is 24.3 Å². The van der Waals surface area contributed by atoms with Crippen LogP contribution in [0.4, 0.5) is 10.5 Å². The number of hydrogen-bond acceptors (Lipinski definition) is 9. The standard InChI is InChI=1S/C32H36ClN5O6S/c1-3-44-31-23(13-9-15-34-31)26-28(37-18-16-36(2)17-19-37)24(33)20-38(32(40)41,45(42,43)21-10-5-4-6-11-21)29(26)27-22-12-7-8-14-25(22)35-30(27)39/h4-15,24,26-29H,3,16-20H2,1-2H3,(H-,35,39,40,41). The number of carbonyl (C=O) groups excluding carboxylic acids is 2. The van der Waals surface area contributed by atoms with Crippen LogP contribution in [0.25, 0.3) is 0 Å². The SMILES string of the molecule is CCOc1ncccc1C1C(N2CCN(C)CC2)C(Cl)C[N+](C(=O)[O-])(S(=O)(=O)c2ccccc2)C1C1C(=O)Nc2ccccc21. The van der Waals surface area contributed by atoms with Crippen molar-refractivity contribution >= 4 is 39.3 Å². The molecule has 6 atom stereocenters. The van der Waals surface area contributed by atoms with Gasteiger partial charge < -0.3 is 24.9 Å². The number of para-hydroxylation sites is 1. The van der Waals surface area contributed by atoms with Gasteiger partial charge in [-0.2, -0.15) is 12.3 Å². The Morgan fingerprint density at radius 3 is 2.40 bits per heavy atom. The van der Waals surface area contributed by atoms with Crippen LogP contribution < -0.4 is 15.2 Å². The number of rotatable bonds is 7. The van der Waals surface area contributed by atoms with Gasteiger partial charge in [0.1, 0.15) is 28.8 Å². The number of carbonyl (C=O) groups is 2. The summed E-state index contributed by atoms with van der Waals surface area (Å²) in [7, 11) is -2.75. The van der Waals surface area contributed by atoms with Gasteiger partial charge in [-0.25, -0.2) is 4.98 Å². The molecule has 0 spiro atoms. The molecule has 0 bridgehead atoms. The number of quaternary nitrogens is 1. The number of likely N-dealkylation sites (tertiary alicyclic amines) is 1. The molecular formula is C32H36ClN5O6S. The summed E-state index contributed by atoms with van der Waals surface area (Å²) in [4.78, 5) is 36.5. The Bertz CT molecular complexity index is 1690. The molecule has 2 amide bonds. The number of benzene rings is 2. The molecule has 6 unspecified atom stereocenters. The molecule has 2 aromatic carbocycles. The van der Waals surface area contributed by atoms with Gasteiger partial charge in [-0.05, 0) is 43.8 Å². The number of fused-ring (bicyclic) bond motifs is 1. The summed E-state index contributed by atoms with van der Waals surface area (Å²) < 4.78 is 34.2. The third kappa shape index (κ3) is 5.18. The molecule has 238 valence electrons. The number of likely N-dealkylation sites (N-methyl/N-ethyl adjacent to an activating group) is 1. The van der Waals surface area contributed by atoms with E-state index in [1.54, 1.807) is 55.6 Å². The lowest BCUT2D eigenvalue weighted by Crippen LogP contribution is -2.77. The fraction of sp³-hybridized carbons (Fsp3) is 0.406. The molecule has 2 fully saturated rings. The summed E-state index contributed by atoms with van der Waals surface area (Å²) in [6.07, 6.45) is -0.288. The van der Waals surface area contributed by atoms with Gasteiger partial charge in [0, 0.05) is 49.7 Å². The zero-order chi connectivity index (χ0) is 31.9. The highest BCUT2D eigenvalue weighted by atomic mass is 35.5. The van der Waals surface area contributed by atoms with Gasteiger partial charge in [0.15, 0.2) is 0 Å². The molecule has 0 radical (unpaired) electrons. The smallest absolute Gasteiger partial charge is 0.333 e. The van der Waals surface area contributed by atoms with Crippen LogP contribution >= 0.6 is 11.6 Å². The fourth-order valence-corrected chi connectivity index (χ4v) is 10.0. The quantitative estimate of drug-likeness (QED) is 0.302. The number of pyridine rings is 1. The second-order valence-corrected chi connectivity index (χ2v) is 14.4. The molecule has 13 heteroatoms. The van der Waals surface area contributed by atoms with Crippen molar-refractivity contribution in [1.82, 2.24) is 14.8 Å². The molecule has 0 aliphatic carbocycles. The van der Waals surface area contributed by atoms with Gasteiger partial charge >= 0.3 is 10.0 Å². The van der Waals surface area contributed by atoms with Crippen molar-refractivity contribution in [3.05, 3.63) is 84.1 Å². The topological polar surface area (TPSA) is 132 Å². The maximum Gasteiger partial charge on any atom is 0.333 e. The van der Waals surface area contributed by atoms with Gasteiger partial charge in [-0.3, -0.25) is 9.69 Å². The Hall–Kier alpha value is -3.55. The number of halogens is 1. The van der Waals surface area contributed by atoms with Gasteiger partial charge in [0.2, 0.25) is 11.8 Å². The summed E-state index contributed by atoms with van der Waals surface area (Å²) >= 11 is 7.27. The van der Waals surface area contributed by atoms with Gasteiger partial charge in [-0.15, -0.1) is 11.6 Å². The maximum atomic E-state index is 14.9. The van der Waals surface area contributed by atoms with Gasteiger partial charge in [0.05, 0.1) is 12.5 Å². The van der Waals surface area contributed by atoms with Crippen molar-refractivity contribution in [3.63, 3.8) is 0 Å². The van der Waals surface area contributed by atoms with Crippen LogP contribution in [-0.4, -0.2) is 103 Å². The van der Waals surface area contributed by atoms with E-state index in [0.717, 1.165) is 13.1 Å². The molecule has 4 heterocycles. The highest BCUT2D eigenvalue weighted by molar-refractivity contribution is 7.86. The minimum absolute atomic E-state index is 0.206. The summed E-state index contributed by atoms with van der Waals surface area (Å²) in [5.74, 6) is -2.38. The molecule has 45 heavy (non-hydrogen) atoms. The van der Waals surface area contributed by atoms with Gasteiger partial charge in [0.25, 0.3) is 6.09 Å². The fourth-order valence-electron chi connectivity index (χ4n) is 7.39. The zero-order valence-corrected chi connectivity index (χ0v) is 26.7. The van der Waals surface area contributed by atoms with E-state index in [0.29, 0.717) is 29.9 Å². The Morgan fingerprint density at radius 1 is 1.04 bits per heavy atom. The first-order chi connectivity index (χ1) is 21.6. The number of ether oxygens (including phenoxy) is 1. The number of sulfonamides is 1. The average Bonchev–Trinajstić information content (AvgIpc) is 3.37. The number of nitrogens with zero attached hydrogens (tertiary/aromatic N) is 4. The third-order valence-electron chi connectivity index (χ3n) is 9.39. The van der Waals surface area contributed by atoms with Crippen molar-refractivity contribution in [2.45, 2.75) is 41.1 Å². The van der Waals surface area contributed by atoms with Gasteiger partial charge in [-0.1, -0.05) is 42.5 Å². The van der Waals surface area contributed by atoms with E-state index in [1.807, 2.05) is 7.05 Å². The molecule has 0 saturated carbocycles. The Kier molecular flexibility index (Phi) is 8.61. The number of alkyl halides is 1. The molecule has 2 saturated heterocycles. The van der Waals surface area contributed by atoms with Crippen LogP contribution in [0.1, 0.15) is 29.9 Å². The summed E-state index contributed by atoms with van der Waals surface area (Å²) in [6.45, 7) is 4.25. The number of hydrogen-bond donors (Lipinski definition) is 1. The van der Waals surface area contributed by atoms with E-state index >= 15 is 0 Å². The predicted octanol–water partition coefficient (Wildman–Crippen LogP) is 2.45. The van der Waals surface area contributed by atoms with E-state index in [-0.39, 0.29) is 17.4 Å². The molecule has 1 aromatic heterocycles. The number of aromatic nitrogens is 1. The molecule has 3 aromatic rings. The van der Waals surface area contributed by atoms with Crippen molar-refractivity contribution in [2.24, 2.45) is 0 Å². The van der Waals surface area contributed by atoms with Crippen LogP contribution in [0.5, 0.6) is 5.88 Å². The monoisotopic (exact) mass is 653 g/mol. The van der Waals surface area contributed by atoms with E-state index < -0.39 is 61.8 Å². The molecular weight excluding hydrogens is 618 g/mol. The van der Waals surface area contributed by atoms with Crippen molar-refractivity contribution < 1.29 is 31.7 Å². The zero-order valence-electron chi connectivity index (χ0n) is 25.1. The van der Waals surface area contributed by atoms with E-state index in [9.17, 15) is 23.1 Å². The first kappa shape index (κ1) is 31.4. The van der Waals surface area contributed by atoms with Crippen LogP contribution in [0.2, 0.25) is 0 Å². The maximum absolute atomic E-state index is 14.9. The Labute approximate surface area is 268 Å². The predicted molar refractivity (Wildman–Crippen MR) is 166 cm³/mol. The van der Waals surface area contributed by atoms with Crippen LogP contribution in [0.15, 0.2) is 77.8 Å². The van der Waals surface area contributed by atoms with E-state index in [2.05, 4.69) is 20.1 Å². The minimum atomic E-state index is -4.77. The highest BCUT2D eigenvalue weighted by Crippen LogP contribution is 2.53. The first-order valence-electron chi connectivity index (χ1n) is 15.1. The molecule has 3 aliphatic rings. The van der Waals surface area contributed by atoms with Crippen molar-refractivity contribution in [3.8, 4) is 5.88 Å². The van der Waals surface area contributed by atoms with Crippen molar-refractivity contribution in [2.75, 3.05) is 51.7 Å². The molecule has 11 nitrogen and oxygen atoms in total. The Morgan fingerprint density at radius 2 is 1.71 bits per heavy atom. The minimum Gasteiger partial charge on any atom is -0.497 e. The molecule has 3 aliphatic heterocycles. The van der Waals surface area contributed by atoms with Crippen LogP contribution in [0, 0.1) is 0 Å². The summed E-state index contributed by atoms with van der Waals surface area (Å²) in [5.41, 5.74) is 1.50. The van der Waals surface area contributed by atoms with Crippen LogP contribution in [0.3, 0.4) is 0 Å². The largest absolute Gasteiger partial charge is 0.497 e. The number of amides is 2. The number of piperazine rings is 1. The van der Waals surface area contributed by atoms with Crippen LogP contribution in [-0.2, 0) is 14.8 Å². The lowest BCUT2D eigenvalue weighted by molar-refractivity contribution is -0.794. The number of anilines is 1. The lowest BCUT2D eigenvalue weighted by atomic mass is 9.72. The molecule has 1 N–H and O–H groups in total. The summed E-state index contributed by atoms with van der Waals surface area (Å²) in [6, 6.07) is 15.9. The number of nitrogens with one attached hydrogen (secondary N) is 1. The second-order valence-electron chi connectivity index (χ2n) is 11.8. The molecule has 6 rings (SSSR count). The Balaban J connectivity index is 1.69. The number of piperidine rings is 1. The first-order valence-corrected chi connectivity index (χ1v) is 16.9. The lowest BCUT2D eigenvalue weighted by Gasteiger charge is -2.56. The summed E-state index contributed by atoms with van der Waals surface area (Å²) in [5, 5.41) is 15.7. The normalized spacial score (nSPS) is 29.1. The average molecular weight is 654 g/mol.